The number of hydrogen-bond donors (Lipinski definition) is 5. The van der Waals surface area contributed by atoms with Gasteiger partial charge in [0.2, 0.25) is 29.2 Å². The molecule has 1 aliphatic heterocycles. The Hall–Kier alpha value is -9.61. The Kier molecular flexibility index (Phi) is 46.8. The van der Waals surface area contributed by atoms with Crippen LogP contribution in [0.4, 0.5) is 0 Å². The summed E-state index contributed by atoms with van der Waals surface area (Å²) in [5.74, 6) is 6.39. The number of aldehydes is 1. The van der Waals surface area contributed by atoms with Crippen LogP contribution in [-0.2, 0) is 47.3 Å². The second-order valence-corrected chi connectivity index (χ2v) is 40.4. The summed E-state index contributed by atoms with van der Waals surface area (Å²) in [7, 11) is 5.64. The second kappa shape index (κ2) is 58.1. The van der Waals surface area contributed by atoms with Crippen LogP contribution < -0.4 is 139 Å². The summed E-state index contributed by atoms with van der Waals surface area (Å²) < 4.78 is 44.6. The summed E-state index contributed by atoms with van der Waals surface area (Å²) in [5, 5.41) is 37.3. The number of methoxy groups -OCH3 is 3. The summed E-state index contributed by atoms with van der Waals surface area (Å²) in [6.45, 7) is 7.46. The van der Waals surface area contributed by atoms with Gasteiger partial charge in [-0.3, -0.25) is 38.6 Å². The molecular formula is C100H101Br4CuK2N15O19PS+. The van der Waals surface area contributed by atoms with Gasteiger partial charge in [0.25, 0.3) is 6.47 Å². The predicted molar refractivity (Wildman–Crippen MR) is 545 cm³/mol. The molecule has 143 heavy (non-hydrogen) atoms. The van der Waals surface area contributed by atoms with Crippen LogP contribution in [0, 0.1) is 56.8 Å². The van der Waals surface area contributed by atoms with E-state index in [0.717, 1.165) is 124 Å². The molecule has 0 amide bonds. The number of nitrogens with two attached hydrogens (primary N) is 2. The summed E-state index contributed by atoms with van der Waals surface area (Å²) in [5.41, 5.74) is 24.3. The van der Waals surface area contributed by atoms with E-state index in [-0.39, 0.29) is 174 Å². The van der Waals surface area contributed by atoms with Gasteiger partial charge >= 0.3 is 142 Å². The number of aromatic hydroxyl groups is 1. The van der Waals surface area contributed by atoms with Gasteiger partial charge in [-0.25, -0.2) is 35.4 Å². The number of nitrogens with one attached hydrogen (secondary N) is 1. The number of phenols is 1. The first-order valence-electron chi connectivity index (χ1n) is 44.1. The third-order valence-corrected chi connectivity index (χ3v) is 23.7. The zero-order valence-corrected chi connectivity index (χ0v) is 94.5. The van der Waals surface area contributed by atoms with Crippen molar-refractivity contribution >= 4 is 177 Å². The number of aromatic nitrogens is 9. The molecule has 741 valence electrons. The number of furan rings is 4. The van der Waals surface area contributed by atoms with Crippen LogP contribution in [0.5, 0.6) is 23.4 Å². The Morgan fingerprint density at radius 3 is 1.45 bits per heavy atom. The van der Waals surface area contributed by atoms with Crippen LogP contribution in [0.15, 0.2) is 253 Å². The summed E-state index contributed by atoms with van der Waals surface area (Å²) in [4.78, 5) is 111. The number of pyridine rings is 3. The number of rotatable bonds is 27. The van der Waals surface area contributed by atoms with Gasteiger partial charge in [-0.15, -0.1) is 0 Å². The standard InChI is InChI=1S/C24H23N5O4.C24H23N5O3.C13H10BrO2.C13H12O2.C11H13N5O2.C7H6O2.C6H9BrO.CH2O3.CH3PS.2BrH.Cu.2K.H/c1-14-12-29(13-26-14)18-10-9-17(27-24(18)31-2)23(25)28-33-22(15-7-8-15)21(30)20-11-16-5-3-4-6-19(16)32-20;1-14-12-29(13-25-14)18-10-9-17(26-24(18)30-2)23-27-21(22(32-28-23)15-7-8-15)20-11-16-5-3-4-6-19(16)31-20;14-12(8-5-6-8)13(15)11-7-9-3-1-2-4-10(9)16-11;14-11(7-9-5-6-9)13-8-10-3-1-2-4-12(10)15-13;1-7-5-16(6-13-7)9-4-3-8(10(12)15-17)14-11(9)18-2;8-5-6-3-1-2-4-7(6)9;7-4-6(8)3-5-1-2-5;2-1-4-3;1-2-3;;;;;;/h3-6,9-13,15,22H,7-8H2,1-2H3,(H2,25,28);3-6,9-13,15,21-22H,7-8H2,1-2H3,(H,27,28);1-5,7-8,12H,6H2;1-4,8-9H,5-7H2;3-6,17H,1-2H3,(H2,12,15);1-5,9H;5H,1-4H2;1,3H;1H3;2*1H;;;;/q;;+1;;;;;;;;;+2;2*+1;-1/p-3. The van der Waals surface area contributed by atoms with E-state index in [2.05, 4.69) is 135 Å². The van der Waals surface area contributed by atoms with E-state index >= 15 is 0 Å². The first-order chi connectivity index (χ1) is 68.4. The van der Waals surface area contributed by atoms with E-state index in [4.69, 9.17) is 78.4 Å². The molecule has 0 spiro atoms. The molecule has 43 heteroatoms. The number of nitrogens with zero attached hydrogens (tertiary/aromatic N) is 12. The van der Waals surface area contributed by atoms with Crippen molar-refractivity contribution in [2.24, 2.45) is 56.4 Å². The van der Waals surface area contributed by atoms with E-state index in [9.17, 15) is 24.0 Å². The van der Waals surface area contributed by atoms with Gasteiger partial charge in [0.05, 0.1) is 74.7 Å². The number of amidine groups is 3. The number of imidazole rings is 3. The summed E-state index contributed by atoms with van der Waals surface area (Å²) >= 11 is 18.3. The van der Waals surface area contributed by atoms with Crippen LogP contribution in [0.3, 0.4) is 0 Å². The molecule has 21 rings (SSSR count). The van der Waals surface area contributed by atoms with Gasteiger partial charge in [-0.2, -0.15) is 0 Å². The van der Waals surface area contributed by atoms with Crippen molar-refractivity contribution < 1.29 is 206 Å². The fourth-order valence-electron chi connectivity index (χ4n) is 14.2. The molecule has 5 fully saturated rings. The van der Waals surface area contributed by atoms with Crippen LogP contribution in [-0.4, -0.2) is 158 Å². The predicted octanol–water partition coefficient (Wildman–Crippen LogP) is 13.7. The largest absolute Gasteiger partial charge is 1.00 e. The van der Waals surface area contributed by atoms with E-state index < -0.39 is 6.10 Å². The smallest absolute Gasteiger partial charge is 1.00 e. The minimum absolute atomic E-state index is 0. The number of para-hydroxylation sites is 5. The Balaban J connectivity index is 0.000000192. The molecule has 5 unspecified atom stereocenters. The molecule has 0 bridgehead atoms. The number of benzene rings is 5. The fraction of sp³-hybridized carbons (Fsp3) is 0.280. The molecule has 11 heterocycles. The molecule has 6 aliphatic rings. The topological polar surface area (TPSA) is 467 Å². The molecule has 15 aromatic rings. The van der Waals surface area contributed by atoms with Crippen molar-refractivity contribution in [2.75, 3.05) is 33.3 Å². The maximum atomic E-state index is 13.1. The first kappa shape index (κ1) is 115. The Morgan fingerprint density at radius 2 is 1.05 bits per heavy atom. The molecule has 5 atom stereocenters. The molecule has 7 N–H and O–H groups in total. The van der Waals surface area contributed by atoms with Crippen molar-refractivity contribution in [3.63, 3.8) is 0 Å². The third kappa shape index (κ3) is 34.0. The van der Waals surface area contributed by atoms with Crippen molar-refractivity contribution in [1.29, 1.82) is 0 Å². The van der Waals surface area contributed by atoms with Crippen LogP contribution in [0.25, 0.3) is 60.9 Å². The molecule has 0 saturated heterocycles. The minimum Gasteiger partial charge on any atom is -1.00 e. The Morgan fingerprint density at radius 1 is 0.622 bits per heavy atom. The van der Waals surface area contributed by atoms with Crippen LogP contribution in [0.1, 0.15) is 160 Å². The number of fused-ring (bicyclic) bond motifs is 4. The fourth-order valence-corrected chi connectivity index (χ4v) is 15.0. The number of carbonyl (C=O) groups excluding carboxylic acids is 6. The van der Waals surface area contributed by atoms with Gasteiger partial charge in [0.1, 0.15) is 97.2 Å². The van der Waals surface area contributed by atoms with Gasteiger partial charge in [0, 0.05) is 58.9 Å². The average Bonchev–Trinajstić information content (AvgIpc) is 1.63. The number of aliphatic imine (C=N–C) groups is 1. The quantitative estimate of drug-likeness (QED) is 0.00273. The number of phenolic OH excluding ortho intramolecular Hbond substituents is 1. The number of oxime groups is 2. The number of ketones is 4. The maximum absolute atomic E-state index is 13.1. The van der Waals surface area contributed by atoms with Crippen molar-refractivity contribution in [3.05, 3.63) is 289 Å². The van der Waals surface area contributed by atoms with Crippen molar-refractivity contribution in [1.82, 2.24) is 49.1 Å². The zero-order valence-electron chi connectivity index (χ0n) is 80.2. The summed E-state index contributed by atoms with van der Waals surface area (Å²) in [6, 6.07) is 55.2. The number of ether oxygens (including phenoxy) is 3. The number of carbonyl (C=O) groups is 6. The first-order valence-corrected chi connectivity index (χ1v) is 53.2. The van der Waals surface area contributed by atoms with Gasteiger partial charge in [0.15, 0.2) is 58.9 Å². The molecule has 5 aliphatic carbocycles. The third-order valence-electron chi connectivity index (χ3n) is 22.0. The van der Waals surface area contributed by atoms with Crippen molar-refractivity contribution in [2.45, 2.75) is 114 Å². The van der Waals surface area contributed by atoms with Gasteiger partial charge in [-0.05, 0) is 201 Å². The molecular weight excluding hydrogens is 2240 g/mol. The SMILES string of the molecule is COc1nc(/C(N)=N/O)ccc1-n1cnc(C)c1.COc1nc(/C(N)=N/OC(C(=O)c2cc3ccccc3o2)C2CC2)ccc1-n1cnc(C)c1.COc1nc(C2=NC(c3cc4ccccc4o3)C(C3CC3)ON2)ccc1-n1cnc(C)c1.CP=S.O=C(CBr)CC1CC1.O=C(CC1CC1)c1cc2ccccc2o1.O=C(c1cc2ccccc2o1)C(Br)C1[CH+]C1.O=CO[O-].O=Cc1ccccc1O.[Br][Cu][Br].[H-].[K+].[K+]. The molecule has 5 aromatic carbocycles. The van der Waals surface area contributed by atoms with Crippen LogP contribution in [0.2, 0.25) is 0 Å². The number of aryl methyl sites for hydroxylation is 3. The molecule has 34 nitrogen and oxygen atoms in total. The average molecular weight is 2340 g/mol. The van der Waals surface area contributed by atoms with E-state index in [1.807, 2.05) is 183 Å². The summed E-state index contributed by atoms with van der Waals surface area (Å²) in [6.07, 6.45) is 24.1. The second-order valence-electron chi connectivity index (χ2n) is 32.6. The van der Waals surface area contributed by atoms with E-state index in [1.54, 1.807) is 73.1 Å². The van der Waals surface area contributed by atoms with Crippen LogP contribution >= 0.6 is 67.4 Å². The Labute approximate surface area is 953 Å². The molecule has 0 radical (unpaired) electrons. The number of alkyl halides is 2. The Bertz CT molecular complexity index is 6760. The number of hydrogen-bond acceptors (Lipinski definition) is 30. The maximum Gasteiger partial charge on any atom is 1.00 e. The van der Waals surface area contributed by atoms with E-state index in [1.165, 1.54) is 57.3 Å². The zero-order chi connectivity index (χ0) is 101. The van der Waals surface area contributed by atoms with E-state index in [0.29, 0.717) is 110 Å². The number of halogens is 4. The normalized spacial score (nSPS) is 15.5. The number of Topliss-reactive ketones (excluding diaryl/α,β-unsaturated/α-hetero) is 4. The minimum atomic E-state index is -0.765. The van der Waals surface area contributed by atoms with Gasteiger partial charge < -0.3 is 83.8 Å². The van der Waals surface area contributed by atoms with Crippen molar-refractivity contribution in [3.8, 4) is 40.5 Å². The van der Waals surface area contributed by atoms with Gasteiger partial charge in [-0.1, -0.05) is 139 Å². The molecule has 10 aromatic heterocycles. The number of hydroxylamine groups is 1. The molecule has 5 saturated carbocycles. The monoisotopic (exact) mass is 2340 g/mol.